The topological polar surface area (TPSA) is 69.6 Å². The van der Waals surface area contributed by atoms with E-state index in [1.807, 2.05) is 0 Å². The molecule has 2 N–H and O–H groups in total. The zero-order chi connectivity index (χ0) is 16.2. The number of urea groups is 1. The summed E-state index contributed by atoms with van der Waals surface area (Å²) in [5, 5.41) is 12.6. The number of carbonyl (C=O) groups excluding carboxylic acids is 1. The maximum absolute atomic E-state index is 12.0. The van der Waals surface area contributed by atoms with Gasteiger partial charge in [0.25, 0.3) is 0 Å². The van der Waals surface area contributed by atoms with E-state index in [0.717, 1.165) is 5.56 Å². The summed E-state index contributed by atoms with van der Waals surface area (Å²) >= 11 is 11.9. The second kappa shape index (κ2) is 7.52. The summed E-state index contributed by atoms with van der Waals surface area (Å²) in [5.74, 6) is -1.57. The lowest BCUT2D eigenvalue weighted by Crippen LogP contribution is -2.41. The van der Waals surface area contributed by atoms with E-state index in [0.29, 0.717) is 10.0 Å². The highest BCUT2D eigenvalue weighted by Crippen LogP contribution is 2.26. The number of halogens is 2. The molecule has 5 nitrogen and oxygen atoms in total. The predicted octanol–water partition coefficient (Wildman–Crippen LogP) is 3.42. The molecule has 1 aromatic rings. The summed E-state index contributed by atoms with van der Waals surface area (Å²) < 4.78 is 0. The van der Waals surface area contributed by atoms with Gasteiger partial charge < -0.3 is 15.3 Å². The van der Waals surface area contributed by atoms with Crippen LogP contribution in [0, 0.1) is 5.92 Å². The number of nitrogens with zero attached hydrogens (tertiary/aromatic N) is 1. The minimum absolute atomic E-state index is 0.127. The van der Waals surface area contributed by atoms with Crippen LogP contribution in [-0.4, -0.2) is 35.6 Å². The van der Waals surface area contributed by atoms with Crippen molar-refractivity contribution in [3.05, 3.63) is 33.8 Å². The van der Waals surface area contributed by atoms with E-state index < -0.39 is 11.9 Å². The molecule has 0 aliphatic rings. The second-order valence-electron chi connectivity index (χ2n) is 4.96. The van der Waals surface area contributed by atoms with Gasteiger partial charge in [0.2, 0.25) is 0 Å². The number of benzene rings is 1. The van der Waals surface area contributed by atoms with Gasteiger partial charge in [0.1, 0.15) is 0 Å². The summed E-state index contributed by atoms with van der Waals surface area (Å²) in [4.78, 5) is 24.1. The van der Waals surface area contributed by atoms with Gasteiger partial charge in [0.05, 0.1) is 12.0 Å². The normalized spacial score (nSPS) is 13.4. The summed E-state index contributed by atoms with van der Waals surface area (Å²) in [5.41, 5.74) is 0.745. The quantitative estimate of drug-likeness (QED) is 0.867. The molecule has 0 spiro atoms. The van der Waals surface area contributed by atoms with E-state index in [1.54, 1.807) is 39.1 Å². The molecule has 7 heteroatoms. The Morgan fingerprint density at radius 3 is 2.48 bits per heavy atom. The van der Waals surface area contributed by atoms with Crippen molar-refractivity contribution < 1.29 is 14.7 Å². The van der Waals surface area contributed by atoms with E-state index in [1.165, 1.54) is 4.90 Å². The third-order valence-corrected chi connectivity index (χ3v) is 3.65. The molecule has 0 aliphatic heterocycles. The molecule has 0 bridgehead atoms. The molecule has 2 atom stereocenters. The van der Waals surface area contributed by atoms with E-state index in [9.17, 15) is 9.59 Å². The predicted molar refractivity (Wildman–Crippen MR) is 82.8 cm³/mol. The van der Waals surface area contributed by atoms with Crippen molar-refractivity contribution in [2.45, 2.75) is 19.9 Å². The van der Waals surface area contributed by atoms with E-state index in [4.69, 9.17) is 28.3 Å². The Labute approximate surface area is 133 Å². The van der Waals surface area contributed by atoms with Gasteiger partial charge in [-0.2, -0.15) is 0 Å². The second-order valence-corrected chi connectivity index (χ2v) is 5.80. The lowest BCUT2D eigenvalue weighted by atomic mass is 10.1. The first kappa shape index (κ1) is 17.6. The number of carboxylic acids is 1. The maximum Gasteiger partial charge on any atom is 0.317 e. The van der Waals surface area contributed by atoms with Crippen LogP contribution in [0.2, 0.25) is 10.0 Å². The number of carbonyl (C=O) groups is 2. The van der Waals surface area contributed by atoms with Gasteiger partial charge in [-0.05, 0) is 24.6 Å². The summed E-state index contributed by atoms with van der Waals surface area (Å²) in [6.45, 7) is 3.47. The number of carboxylic acid groups (broad SMARTS) is 1. The maximum atomic E-state index is 12.0. The Morgan fingerprint density at radius 1 is 1.33 bits per heavy atom. The minimum Gasteiger partial charge on any atom is -0.481 e. The van der Waals surface area contributed by atoms with Gasteiger partial charge in [-0.25, -0.2) is 4.79 Å². The number of rotatable bonds is 5. The molecule has 1 aromatic carbocycles. The van der Waals surface area contributed by atoms with Gasteiger partial charge in [-0.15, -0.1) is 0 Å². The molecule has 116 valence electrons. The number of hydrogen-bond acceptors (Lipinski definition) is 2. The Morgan fingerprint density at radius 2 is 1.95 bits per heavy atom. The Hall–Kier alpha value is -1.46. The molecule has 0 fully saturated rings. The van der Waals surface area contributed by atoms with E-state index >= 15 is 0 Å². The van der Waals surface area contributed by atoms with E-state index in [-0.39, 0.29) is 18.6 Å². The Bertz CT molecular complexity index is 537. The van der Waals surface area contributed by atoms with Crippen molar-refractivity contribution in [1.82, 2.24) is 10.2 Å². The van der Waals surface area contributed by atoms with Crippen LogP contribution in [-0.2, 0) is 4.79 Å². The molecule has 0 saturated heterocycles. The van der Waals surface area contributed by atoms with E-state index in [2.05, 4.69) is 5.32 Å². The van der Waals surface area contributed by atoms with Crippen molar-refractivity contribution in [1.29, 1.82) is 0 Å². The molecular formula is C14H18Cl2N2O3. The molecule has 0 radical (unpaired) electrons. The van der Waals surface area contributed by atoms with Crippen molar-refractivity contribution >= 4 is 35.2 Å². The SMILES string of the molecule is CC(CN(C)C(=O)N[C@@H](C)c1ccc(Cl)cc1Cl)C(=O)O. The standard InChI is InChI=1S/C14H18Cl2N2O3/c1-8(13(19)20)7-18(3)14(21)17-9(2)11-5-4-10(15)6-12(11)16/h4-6,8-9H,7H2,1-3H3,(H,17,21)(H,19,20)/t8?,9-/m0/s1. The fourth-order valence-corrected chi connectivity index (χ4v) is 2.37. The molecule has 0 heterocycles. The smallest absolute Gasteiger partial charge is 0.317 e. The lowest BCUT2D eigenvalue weighted by Gasteiger charge is -2.23. The van der Waals surface area contributed by atoms with Crippen LogP contribution < -0.4 is 5.32 Å². The lowest BCUT2D eigenvalue weighted by molar-refractivity contribution is -0.141. The van der Waals surface area contributed by atoms with Gasteiger partial charge in [0, 0.05) is 23.6 Å². The van der Waals surface area contributed by atoms with Gasteiger partial charge in [0.15, 0.2) is 0 Å². The third-order valence-electron chi connectivity index (χ3n) is 3.08. The van der Waals surface area contributed by atoms with Crippen LogP contribution >= 0.6 is 23.2 Å². The highest BCUT2D eigenvalue weighted by Gasteiger charge is 2.19. The number of amides is 2. The number of aliphatic carboxylic acids is 1. The zero-order valence-electron chi connectivity index (χ0n) is 12.1. The Kier molecular flexibility index (Phi) is 6.30. The van der Waals surface area contributed by atoms with Crippen molar-refractivity contribution in [2.24, 2.45) is 5.92 Å². The van der Waals surface area contributed by atoms with Crippen LogP contribution in [0.25, 0.3) is 0 Å². The molecule has 1 rings (SSSR count). The monoisotopic (exact) mass is 332 g/mol. The van der Waals surface area contributed by atoms with Crippen LogP contribution in [0.3, 0.4) is 0 Å². The first-order chi connectivity index (χ1) is 9.72. The van der Waals surface area contributed by atoms with Gasteiger partial charge >= 0.3 is 12.0 Å². The summed E-state index contributed by atoms with van der Waals surface area (Å²) in [7, 11) is 1.55. The van der Waals surface area contributed by atoms with Crippen molar-refractivity contribution in [3.63, 3.8) is 0 Å². The average Bonchev–Trinajstić information content (AvgIpc) is 2.37. The van der Waals surface area contributed by atoms with Crippen LogP contribution in [0.15, 0.2) is 18.2 Å². The average molecular weight is 333 g/mol. The highest BCUT2D eigenvalue weighted by atomic mass is 35.5. The van der Waals surface area contributed by atoms with Crippen molar-refractivity contribution in [3.8, 4) is 0 Å². The first-order valence-electron chi connectivity index (χ1n) is 6.41. The third kappa shape index (κ3) is 5.10. The van der Waals surface area contributed by atoms with Gasteiger partial charge in [-0.3, -0.25) is 4.79 Å². The first-order valence-corrected chi connectivity index (χ1v) is 7.17. The molecule has 0 aromatic heterocycles. The number of nitrogens with one attached hydrogen (secondary N) is 1. The largest absolute Gasteiger partial charge is 0.481 e. The zero-order valence-corrected chi connectivity index (χ0v) is 13.6. The molecule has 1 unspecified atom stereocenters. The van der Waals surface area contributed by atoms with Gasteiger partial charge in [-0.1, -0.05) is 36.2 Å². The molecule has 0 saturated carbocycles. The number of hydrogen-bond donors (Lipinski definition) is 2. The minimum atomic E-state index is -0.941. The van der Waals surface area contributed by atoms with Crippen LogP contribution in [0.1, 0.15) is 25.5 Å². The fourth-order valence-electron chi connectivity index (χ4n) is 1.80. The fraction of sp³-hybridized carbons (Fsp3) is 0.429. The summed E-state index contributed by atoms with van der Waals surface area (Å²) in [6, 6.07) is 4.38. The Balaban J connectivity index is 2.67. The van der Waals surface area contributed by atoms with Crippen molar-refractivity contribution in [2.75, 3.05) is 13.6 Å². The molecular weight excluding hydrogens is 315 g/mol. The molecule has 2 amide bonds. The van der Waals surface area contributed by atoms with Crippen LogP contribution in [0.4, 0.5) is 4.79 Å². The molecule has 21 heavy (non-hydrogen) atoms. The van der Waals surface area contributed by atoms with Crippen LogP contribution in [0.5, 0.6) is 0 Å². The molecule has 0 aliphatic carbocycles. The highest BCUT2D eigenvalue weighted by molar-refractivity contribution is 6.35. The summed E-state index contributed by atoms with van der Waals surface area (Å²) in [6.07, 6.45) is 0.